The molecular formula is C18H26N6O2S. The van der Waals surface area contributed by atoms with Gasteiger partial charge in [-0.15, -0.1) is 11.3 Å². The topological polar surface area (TPSA) is 117 Å². The highest BCUT2D eigenvalue weighted by Gasteiger charge is 2.27. The summed E-state index contributed by atoms with van der Waals surface area (Å²) in [5, 5.41) is 15.4. The Labute approximate surface area is 162 Å². The Morgan fingerprint density at radius 3 is 2.89 bits per heavy atom. The number of hydrogen-bond acceptors (Lipinski definition) is 8. The van der Waals surface area contributed by atoms with Crippen molar-refractivity contribution >= 4 is 29.0 Å². The van der Waals surface area contributed by atoms with Gasteiger partial charge in [-0.25, -0.2) is 9.97 Å². The van der Waals surface area contributed by atoms with E-state index in [1.165, 1.54) is 11.3 Å². The maximum Gasteiger partial charge on any atom is 0.273 e. The lowest BCUT2D eigenvalue weighted by molar-refractivity contribution is 0.0728. The third-order valence-corrected chi connectivity index (χ3v) is 5.43. The number of thiazole rings is 1. The van der Waals surface area contributed by atoms with Crippen LogP contribution in [0.25, 0.3) is 0 Å². The molecule has 1 atom stereocenters. The van der Waals surface area contributed by atoms with Crippen LogP contribution in [0.4, 0.5) is 11.8 Å². The minimum Gasteiger partial charge on any atom is -0.396 e. The van der Waals surface area contributed by atoms with Gasteiger partial charge in [0.2, 0.25) is 5.95 Å². The number of fused-ring (bicyclic) bond motifs is 1. The van der Waals surface area contributed by atoms with Crippen LogP contribution in [0, 0.1) is 6.92 Å². The summed E-state index contributed by atoms with van der Waals surface area (Å²) in [6.07, 6.45) is 3.17. The van der Waals surface area contributed by atoms with Gasteiger partial charge in [-0.3, -0.25) is 4.79 Å². The van der Waals surface area contributed by atoms with Crippen molar-refractivity contribution in [2.45, 2.75) is 52.1 Å². The quantitative estimate of drug-likeness (QED) is 0.662. The van der Waals surface area contributed by atoms with Gasteiger partial charge in [0.1, 0.15) is 11.5 Å². The van der Waals surface area contributed by atoms with Crippen molar-refractivity contribution in [3.63, 3.8) is 0 Å². The van der Waals surface area contributed by atoms with Crippen LogP contribution in [0.5, 0.6) is 0 Å². The Balaban J connectivity index is 1.84. The second-order valence-corrected chi connectivity index (χ2v) is 7.79. The lowest BCUT2D eigenvalue weighted by Gasteiger charge is -2.30. The first-order chi connectivity index (χ1) is 13.0. The molecule has 1 unspecified atom stereocenters. The Hall–Kier alpha value is -2.26. The molecule has 3 rings (SSSR count). The largest absolute Gasteiger partial charge is 0.396 e. The van der Waals surface area contributed by atoms with E-state index in [2.05, 4.69) is 27.2 Å². The molecule has 1 aliphatic rings. The summed E-state index contributed by atoms with van der Waals surface area (Å²) in [6.45, 7) is 5.10. The molecule has 0 spiro atoms. The van der Waals surface area contributed by atoms with Crippen molar-refractivity contribution in [2.24, 2.45) is 0 Å². The number of rotatable bonds is 7. The average Bonchev–Trinajstić information content (AvgIpc) is 3.07. The van der Waals surface area contributed by atoms with E-state index in [4.69, 9.17) is 5.73 Å². The Kier molecular flexibility index (Phi) is 6.22. The standard InChI is InChI=1S/C18H26N6O2S/c1-3-4-12(6-8-25)21-16-13-9-24(7-5-14(13)22-18(19)23-16)17(26)15-10-27-11(2)20-15/h10,12,25H,3-9H2,1-2H3,(H3,19,21,22,23). The molecule has 0 aliphatic carbocycles. The molecule has 4 N–H and O–H groups in total. The third-order valence-electron chi connectivity index (χ3n) is 4.66. The molecule has 146 valence electrons. The van der Waals surface area contributed by atoms with Gasteiger partial charge in [0.15, 0.2) is 0 Å². The average molecular weight is 391 g/mol. The summed E-state index contributed by atoms with van der Waals surface area (Å²) in [4.78, 5) is 27.6. The van der Waals surface area contributed by atoms with Gasteiger partial charge in [-0.2, -0.15) is 4.98 Å². The second-order valence-electron chi connectivity index (χ2n) is 6.73. The second kappa shape index (κ2) is 8.62. The van der Waals surface area contributed by atoms with Crippen molar-refractivity contribution < 1.29 is 9.90 Å². The Bertz CT molecular complexity index is 803. The van der Waals surface area contributed by atoms with Crippen LogP contribution in [-0.4, -0.2) is 50.1 Å². The van der Waals surface area contributed by atoms with Crippen molar-refractivity contribution in [3.05, 3.63) is 27.3 Å². The Morgan fingerprint density at radius 2 is 2.22 bits per heavy atom. The molecule has 1 amide bonds. The number of aryl methyl sites for hydroxylation is 1. The van der Waals surface area contributed by atoms with E-state index in [9.17, 15) is 9.90 Å². The summed E-state index contributed by atoms with van der Waals surface area (Å²) < 4.78 is 0. The highest BCUT2D eigenvalue weighted by molar-refractivity contribution is 7.09. The zero-order valence-corrected chi connectivity index (χ0v) is 16.6. The minimum atomic E-state index is -0.0757. The molecule has 2 aromatic rings. The molecule has 9 heteroatoms. The molecule has 0 bridgehead atoms. The van der Waals surface area contributed by atoms with E-state index in [1.54, 1.807) is 10.3 Å². The first-order valence-electron chi connectivity index (χ1n) is 9.25. The number of nitrogen functional groups attached to an aromatic ring is 1. The molecule has 0 saturated carbocycles. The third kappa shape index (κ3) is 4.54. The zero-order valence-electron chi connectivity index (χ0n) is 15.7. The van der Waals surface area contributed by atoms with Crippen LogP contribution in [0.15, 0.2) is 5.38 Å². The number of aliphatic hydroxyl groups excluding tert-OH is 1. The lowest BCUT2D eigenvalue weighted by Crippen LogP contribution is -2.37. The molecule has 1 aliphatic heterocycles. The molecule has 27 heavy (non-hydrogen) atoms. The lowest BCUT2D eigenvalue weighted by atomic mass is 10.0. The monoisotopic (exact) mass is 390 g/mol. The minimum absolute atomic E-state index is 0.0757. The van der Waals surface area contributed by atoms with E-state index in [0.29, 0.717) is 37.4 Å². The number of aliphatic hydroxyl groups is 1. The fraction of sp³-hybridized carbons (Fsp3) is 0.556. The first kappa shape index (κ1) is 19.5. The molecule has 2 aromatic heterocycles. The predicted molar refractivity (Wildman–Crippen MR) is 106 cm³/mol. The van der Waals surface area contributed by atoms with Gasteiger partial charge in [0, 0.05) is 36.6 Å². The number of hydrogen-bond donors (Lipinski definition) is 3. The number of carbonyl (C=O) groups is 1. The van der Waals surface area contributed by atoms with Crippen LogP contribution in [0.1, 0.15) is 52.9 Å². The number of anilines is 2. The van der Waals surface area contributed by atoms with E-state index in [-0.39, 0.29) is 24.5 Å². The number of amides is 1. The number of nitrogens with two attached hydrogens (primary N) is 1. The van der Waals surface area contributed by atoms with Gasteiger partial charge in [-0.1, -0.05) is 13.3 Å². The van der Waals surface area contributed by atoms with E-state index in [0.717, 1.165) is 29.1 Å². The van der Waals surface area contributed by atoms with Crippen LogP contribution in [0.3, 0.4) is 0 Å². The van der Waals surface area contributed by atoms with Crippen LogP contribution >= 0.6 is 11.3 Å². The number of nitrogens with zero attached hydrogens (tertiary/aromatic N) is 4. The van der Waals surface area contributed by atoms with Crippen molar-refractivity contribution in [3.8, 4) is 0 Å². The molecule has 0 radical (unpaired) electrons. The highest BCUT2D eigenvalue weighted by Crippen LogP contribution is 2.27. The van der Waals surface area contributed by atoms with Crippen LogP contribution in [0.2, 0.25) is 0 Å². The molecule has 0 fully saturated rings. The van der Waals surface area contributed by atoms with Gasteiger partial charge < -0.3 is 21.1 Å². The first-order valence-corrected chi connectivity index (χ1v) is 10.1. The summed E-state index contributed by atoms with van der Waals surface area (Å²) in [6, 6.07) is 0.102. The molecule has 0 aromatic carbocycles. The zero-order chi connectivity index (χ0) is 19.4. The fourth-order valence-corrected chi connectivity index (χ4v) is 3.92. The maximum atomic E-state index is 12.8. The Morgan fingerprint density at radius 1 is 1.41 bits per heavy atom. The number of aromatic nitrogens is 3. The normalized spacial score (nSPS) is 14.7. The maximum absolute atomic E-state index is 12.8. The SMILES string of the molecule is CCCC(CCO)Nc1nc(N)nc2c1CN(C(=O)c1csc(C)n1)CC2. The van der Waals surface area contributed by atoms with Gasteiger partial charge in [-0.05, 0) is 19.8 Å². The molecule has 3 heterocycles. The van der Waals surface area contributed by atoms with Gasteiger partial charge in [0.05, 0.1) is 17.2 Å². The summed E-state index contributed by atoms with van der Waals surface area (Å²) in [7, 11) is 0. The number of nitrogens with one attached hydrogen (secondary N) is 1. The van der Waals surface area contributed by atoms with Crippen LogP contribution < -0.4 is 11.1 Å². The summed E-state index contributed by atoms with van der Waals surface area (Å²) >= 11 is 1.47. The van der Waals surface area contributed by atoms with Gasteiger partial charge in [0.25, 0.3) is 5.91 Å². The van der Waals surface area contributed by atoms with Gasteiger partial charge >= 0.3 is 0 Å². The van der Waals surface area contributed by atoms with E-state index in [1.807, 2.05) is 6.92 Å². The van der Waals surface area contributed by atoms with Crippen molar-refractivity contribution in [1.29, 1.82) is 0 Å². The van der Waals surface area contributed by atoms with Crippen molar-refractivity contribution in [2.75, 3.05) is 24.2 Å². The van der Waals surface area contributed by atoms with Crippen molar-refractivity contribution in [1.82, 2.24) is 19.9 Å². The van der Waals surface area contributed by atoms with E-state index >= 15 is 0 Å². The molecule has 0 saturated heterocycles. The smallest absolute Gasteiger partial charge is 0.273 e. The summed E-state index contributed by atoms with van der Waals surface area (Å²) in [5.74, 6) is 0.815. The van der Waals surface area contributed by atoms with E-state index < -0.39 is 0 Å². The summed E-state index contributed by atoms with van der Waals surface area (Å²) in [5.41, 5.74) is 8.15. The number of carbonyl (C=O) groups excluding carboxylic acids is 1. The van der Waals surface area contributed by atoms with Crippen LogP contribution in [-0.2, 0) is 13.0 Å². The molecular weight excluding hydrogens is 364 g/mol. The highest BCUT2D eigenvalue weighted by atomic mass is 32.1. The fourth-order valence-electron chi connectivity index (χ4n) is 3.34. The predicted octanol–water partition coefficient (Wildman–Crippen LogP) is 1.99. The molecule has 8 nitrogen and oxygen atoms in total.